The van der Waals surface area contributed by atoms with Gasteiger partial charge in [-0.2, -0.15) is 0 Å². The van der Waals surface area contributed by atoms with Gasteiger partial charge in [0.25, 0.3) is 0 Å². The second kappa shape index (κ2) is 7.75. The van der Waals surface area contributed by atoms with Crippen LogP contribution in [0.3, 0.4) is 0 Å². The summed E-state index contributed by atoms with van der Waals surface area (Å²) >= 11 is 1.53. The van der Waals surface area contributed by atoms with Crippen molar-refractivity contribution in [2.24, 2.45) is 0 Å². The number of hydrogen-bond acceptors (Lipinski definition) is 6. The zero-order chi connectivity index (χ0) is 18.6. The maximum absolute atomic E-state index is 12.6. The third-order valence-corrected chi connectivity index (χ3v) is 5.59. The molecule has 3 aromatic rings. The highest BCUT2D eigenvalue weighted by molar-refractivity contribution is 7.13. The van der Waals surface area contributed by atoms with Crippen LogP contribution < -0.4 is 4.90 Å². The van der Waals surface area contributed by atoms with Crippen LogP contribution in [0.2, 0.25) is 0 Å². The molecule has 1 saturated heterocycles. The molecule has 0 bridgehead atoms. The summed E-state index contributed by atoms with van der Waals surface area (Å²) in [6, 6.07) is 11.2. The molecule has 0 aliphatic carbocycles. The number of amides is 1. The summed E-state index contributed by atoms with van der Waals surface area (Å²) in [5.74, 6) is 0.373. The van der Waals surface area contributed by atoms with E-state index >= 15 is 0 Å². The third kappa shape index (κ3) is 3.93. The van der Waals surface area contributed by atoms with Crippen molar-refractivity contribution in [2.75, 3.05) is 31.1 Å². The average molecular weight is 380 g/mol. The van der Waals surface area contributed by atoms with Gasteiger partial charge in [0.15, 0.2) is 0 Å². The van der Waals surface area contributed by atoms with Crippen LogP contribution in [0.25, 0.3) is 10.6 Å². The topological polar surface area (TPSA) is 69.6 Å². The summed E-state index contributed by atoms with van der Waals surface area (Å²) < 4.78 is 0. The number of benzene rings is 1. The predicted octanol–water partition coefficient (Wildman–Crippen LogP) is 2.80. The summed E-state index contributed by atoms with van der Waals surface area (Å²) in [5, 5.41) is 12.8. The Morgan fingerprint density at radius 3 is 2.67 bits per heavy atom. The van der Waals surface area contributed by atoms with E-state index in [2.05, 4.69) is 14.9 Å². The van der Waals surface area contributed by atoms with Crippen LogP contribution in [0.4, 0.5) is 5.69 Å². The third-order valence-electron chi connectivity index (χ3n) is 4.65. The van der Waals surface area contributed by atoms with Crippen LogP contribution in [0.15, 0.2) is 54.2 Å². The van der Waals surface area contributed by atoms with E-state index in [9.17, 15) is 9.90 Å². The Hall–Kier alpha value is -2.93. The van der Waals surface area contributed by atoms with Crippen molar-refractivity contribution in [2.45, 2.75) is 6.42 Å². The van der Waals surface area contributed by atoms with Crippen LogP contribution in [0.5, 0.6) is 5.75 Å². The van der Waals surface area contributed by atoms with Crippen LogP contribution in [-0.2, 0) is 11.2 Å². The first-order valence-corrected chi connectivity index (χ1v) is 9.74. The second-order valence-electron chi connectivity index (χ2n) is 6.42. The van der Waals surface area contributed by atoms with Gasteiger partial charge < -0.3 is 14.9 Å². The number of pyridine rings is 1. The highest BCUT2D eigenvalue weighted by Crippen LogP contribution is 2.27. The lowest BCUT2D eigenvalue weighted by atomic mass is 10.2. The number of piperazine rings is 1. The Balaban J connectivity index is 1.35. The van der Waals surface area contributed by atoms with Crippen molar-refractivity contribution in [1.29, 1.82) is 0 Å². The van der Waals surface area contributed by atoms with Gasteiger partial charge in [-0.3, -0.25) is 9.78 Å². The highest BCUT2D eigenvalue weighted by atomic mass is 32.1. The van der Waals surface area contributed by atoms with Gasteiger partial charge in [-0.05, 0) is 24.3 Å². The molecule has 1 aliphatic rings. The molecule has 1 aliphatic heterocycles. The minimum atomic E-state index is 0.0926. The van der Waals surface area contributed by atoms with Crippen LogP contribution in [-0.4, -0.2) is 52.1 Å². The van der Waals surface area contributed by atoms with Crippen molar-refractivity contribution >= 4 is 22.9 Å². The Morgan fingerprint density at radius 1 is 1.11 bits per heavy atom. The molecule has 138 valence electrons. The first-order chi connectivity index (χ1) is 13.2. The number of phenols is 1. The molecule has 0 saturated carbocycles. The quantitative estimate of drug-likeness (QED) is 0.754. The molecule has 2 aromatic heterocycles. The molecular formula is C20H20N4O2S. The molecule has 0 unspecified atom stereocenters. The van der Waals surface area contributed by atoms with E-state index < -0.39 is 0 Å². The van der Waals surface area contributed by atoms with Crippen molar-refractivity contribution in [3.8, 4) is 16.3 Å². The zero-order valence-corrected chi connectivity index (χ0v) is 15.6. The monoisotopic (exact) mass is 380 g/mol. The van der Waals surface area contributed by atoms with Gasteiger partial charge in [-0.15, -0.1) is 11.3 Å². The number of carbonyl (C=O) groups excluding carboxylic acids is 1. The minimum absolute atomic E-state index is 0.0926. The lowest BCUT2D eigenvalue weighted by molar-refractivity contribution is -0.130. The molecule has 0 atom stereocenters. The fraction of sp³-hybridized carbons (Fsp3) is 0.250. The number of aromatic hydroxyl groups is 1. The van der Waals surface area contributed by atoms with E-state index in [-0.39, 0.29) is 11.7 Å². The van der Waals surface area contributed by atoms with E-state index in [4.69, 9.17) is 0 Å². The average Bonchev–Trinajstić information content (AvgIpc) is 3.18. The number of para-hydroxylation sites is 2. The van der Waals surface area contributed by atoms with E-state index in [0.29, 0.717) is 32.6 Å². The largest absolute Gasteiger partial charge is 0.506 e. The van der Waals surface area contributed by atoms with Crippen molar-refractivity contribution < 1.29 is 9.90 Å². The van der Waals surface area contributed by atoms with Gasteiger partial charge in [0, 0.05) is 49.5 Å². The van der Waals surface area contributed by atoms with Gasteiger partial charge in [0.2, 0.25) is 5.91 Å². The number of carbonyl (C=O) groups is 1. The van der Waals surface area contributed by atoms with Crippen molar-refractivity contribution in [1.82, 2.24) is 14.9 Å². The molecule has 1 fully saturated rings. The molecule has 1 amide bonds. The Labute approximate surface area is 161 Å². The van der Waals surface area contributed by atoms with E-state index in [1.807, 2.05) is 40.6 Å². The maximum atomic E-state index is 12.6. The van der Waals surface area contributed by atoms with E-state index in [1.54, 1.807) is 18.5 Å². The van der Waals surface area contributed by atoms with Gasteiger partial charge in [-0.25, -0.2) is 4.98 Å². The second-order valence-corrected chi connectivity index (χ2v) is 7.28. The summed E-state index contributed by atoms with van der Waals surface area (Å²) in [7, 11) is 0. The Kier molecular flexibility index (Phi) is 5.02. The van der Waals surface area contributed by atoms with Gasteiger partial charge in [0.1, 0.15) is 10.8 Å². The summed E-state index contributed by atoms with van der Waals surface area (Å²) in [4.78, 5) is 25.3. The van der Waals surface area contributed by atoms with Crippen LogP contribution in [0.1, 0.15) is 5.69 Å². The number of nitrogens with zero attached hydrogens (tertiary/aromatic N) is 4. The van der Waals surface area contributed by atoms with E-state index in [0.717, 1.165) is 22.0 Å². The first-order valence-electron chi connectivity index (χ1n) is 8.86. The lowest BCUT2D eigenvalue weighted by Crippen LogP contribution is -2.49. The number of aromatic nitrogens is 2. The van der Waals surface area contributed by atoms with E-state index in [1.165, 1.54) is 11.3 Å². The molecule has 6 nitrogen and oxygen atoms in total. The highest BCUT2D eigenvalue weighted by Gasteiger charge is 2.23. The fourth-order valence-corrected chi connectivity index (χ4v) is 4.02. The molecule has 0 spiro atoms. The molecule has 4 rings (SSSR count). The molecule has 0 radical (unpaired) electrons. The Bertz CT molecular complexity index is 920. The lowest BCUT2D eigenvalue weighted by Gasteiger charge is -2.36. The first kappa shape index (κ1) is 17.5. The van der Waals surface area contributed by atoms with Crippen molar-refractivity contribution in [3.63, 3.8) is 0 Å². The van der Waals surface area contributed by atoms with Gasteiger partial charge in [-0.1, -0.05) is 12.1 Å². The normalized spacial score (nSPS) is 14.4. The predicted molar refractivity (Wildman–Crippen MR) is 106 cm³/mol. The molecule has 1 N–H and O–H groups in total. The van der Waals surface area contributed by atoms with Gasteiger partial charge in [0.05, 0.1) is 17.8 Å². The summed E-state index contributed by atoms with van der Waals surface area (Å²) in [6.45, 7) is 2.71. The minimum Gasteiger partial charge on any atom is -0.506 e. The number of hydrogen-bond donors (Lipinski definition) is 1. The van der Waals surface area contributed by atoms with Gasteiger partial charge >= 0.3 is 0 Å². The smallest absolute Gasteiger partial charge is 0.228 e. The maximum Gasteiger partial charge on any atom is 0.228 e. The number of thiazole rings is 1. The molecular weight excluding hydrogens is 360 g/mol. The SMILES string of the molecule is O=C(Cc1csc(-c2cccnc2)n1)N1CCN(c2ccccc2O)CC1. The summed E-state index contributed by atoms with van der Waals surface area (Å²) in [6.07, 6.45) is 3.83. The molecule has 27 heavy (non-hydrogen) atoms. The fourth-order valence-electron chi connectivity index (χ4n) is 3.21. The molecule has 1 aromatic carbocycles. The van der Waals surface area contributed by atoms with Crippen LogP contribution in [0, 0.1) is 0 Å². The van der Waals surface area contributed by atoms with Crippen molar-refractivity contribution in [3.05, 3.63) is 59.9 Å². The van der Waals surface area contributed by atoms with Crippen LogP contribution >= 0.6 is 11.3 Å². The standard InChI is InChI=1S/C20H20N4O2S/c25-18-6-2-1-5-17(18)23-8-10-24(11-9-23)19(26)12-16-14-27-20(22-16)15-4-3-7-21-13-15/h1-7,13-14,25H,8-12H2. The number of anilines is 1. The number of phenolic OH excluding ortho intramolecular Hbond substituents is 1. The summed E-state index contributed by atoms with van der Waals surface area (Å²) in [5.41, 5.74) is 2.59. The molecule has 3 heterocycles. The number of rotatable bonds is 4. The Morgan fingerprint density at radius 2 is 1.93 bits per heavy atom. The zero-order valence-electron chi connectivity index (χ0n) is 14.8. The molecule has 7 heteroatoms.